The number of para-hydroxylation sites is 4. The number of anilines is 6. The van der Waals surface area contributed by atoms with Crippen LogP contribution >= 0.6 is 0 Å². The Labute approximate surface area is 756 Å². The molecule has 0 radical (unpaired) electrons. The third-order valence-corrected chi connectivity index (χ3v) is 27.6. The molecule has 25 rings (SSSR count). The monoisotopic (exact) mass is 1660 g/mol. The third kappa shape index (κ3) is 13.4. The topological polar surface area (TPSA) is 32.8 Å². The molecule has 21 aromatic carbocycles. The van der Waals surface area contributed by atoms with Crippen molar-refractivity contribution in [2.45, 2.75) is 38.5 Å². The predicted molar refractivity (Wildman–Crippen MR) is 548 cm³/mol. The van der Waals surface area contributed by atoms with Crippen molar-refractivity contribution in [3.8, 4) is 111 Å². The smallest absolute Gasteiger partial charge is 0.143 e. The minimum Gasteiger partial charge on any atom is -0.455 e. The Morgan fingerprint density at radius 1 is 0.162 bits per heavy atom. The number of furan rings is 2. The second-order valence-electron chi connectivity index (χ2n) is 35.8. The molecule has 0 bridgehead atoms. The number of nitrogens with zero attached hydrogens (tertiary/aromatic N) is 2. The molecule has 0 aliphatic heterocycles. The van der Waals surface area contributed by atoms with Gasteiger partial charge in [-0.2, -0.15) is 0 Å². The molecular weight excluding hydrogens is 1570 g/mol. The van der Waals surface area contributed by atoms with Gasteiger partial charge in [0.05, 0.1) is 0 Å². The van der Waals surface area contributed by atoms with E-state index in [4.69, 9.17) is 8.83 Å². The summed E-state index contributed by atoms with van der Waals surface area (Å²) in [7, 11) is 0. The highest BCUT2D eigenvalue weighted by atomic mass is 16.3. The first kappa shape index (κ1) is 77.2. The molecule has 614 valence electrons. The first-order chi connectivity index (χ1) is 63.9. The molecule has 130 heavy (non-hydrogen) atoms. The van der Waals surface area contributed by atoms with Gasteiger partial charge in [0.2, 0.25) is 0 Å². The third-order valence-electron chi connectivity index (χ3n) is 27.6. The van der Waals surface area contributed by atoms with Crippen LogP contribution in [-0.2, 0) is 10.8 Å². The Morgan fingerprint density at radius 3 is 0.908 bits per heavy atom. The van der Waals surface area contributed by atoms with Crippen molar-refractivity contribution in [2.24, 2.45) is 0 Å². The van der Waals surface area contributed by atoms with Crippen LogP contribution in [0.5, 0.6) is 0 Å². The van der Waals surface area contributed by atoms with Crippen LogP contribution in [0.3, 0.4) is 0 Å². The number of fused-ring (bicyclic) bond motifs is 16. The van der Waals surface area contributed by atoms with Crippen molar-refractivity contribution >= 4 is 110 Å². The van der Waals surface area contributed by atoms with E-state index in [2.05, 4.69) is 474 Å². The molecule has 0 atom stereocenters. The fraction of sp³-hybridized carbons (Fsp3) is 0.0476. The largest absolute Gasteiger partial charge is 0.455 e. The Balaban J connectivity index is 0.000000144. The average molecular weight is 1660 g/mol. The Morgan fingerprint density at radius 2 is 0.454 bits per heavy atom. The van der Waals surface area contributed by atoms with Gasteiger partial charge in [0, 0.05) is 77.6 Å². The second-order valence-corrected chi connectivity index (χ2v) is 35.8. The Bertz CT molecular complexity index is 8350. The van der Waals surface area contributed by atoms with Crippen LogP contribution in [0.15, 0.2) is 470 Å². The van der Waals surface area contributed by atoms with E-state index in [0.717, 1.165) is 111 Å². The van der Waals surface area contributed by atoms with Gasteiger partial charge in [0.15, 0.2) is 0 Å². The highest BCUT2D eigenvalue weighted by Gasteiger charge is 2.39. The van der Waals surface area contributed by atoms with Crippen LogP contribution < -0.4 is 9.80 Å². The van der Waals surface area contributed by atoms with Gasteiger partial charge in [0.25, 0.3) is 0 Å². The second kappa shape index (κ2) is 31.3. The first-order valence-electron chi connectivity index (χ1n) is 45.1. The maximum absolute atomic E-state index is 6.39. The zero-order chi connectivity index (χ0) is 86.7. The normalized spacial score (nSPS) is 12.7. The van der Waals surface area contributed by atoms with Crippen molar-refractivity contribution < 1.29 is 8.83 Å². The van der Waals surface area contributed by atoms with Crippen molar-refractivity contribution in [3.05, 3.63) is 483 Å². The minimum absolute atomic E-state index is 0.178. The molecule has 0 unspecified atom stereocenters. The van der Waals surface area contributed by atoms with Gasteiger partial charge >= 0.3 is 0 Å². The van der Waals surface area contributed by atoms with Gasteiger partial charge in [-0.15, -0.1) is 0 Å². The van der Waals surface area contributed by atoms with Gasteiger partial charge in [0.1, 0.15) is 22.3 Å². The summed E-state index contributed by atoms with van der Waals surface area (Å²) in [5, 5.41) is 12.1. The molecule has 0 saturated heterocycles. The lowest BCUT2D eigenvalue weighted by molar-refractivity contribution is 0.660. The summed E-state index contributed by atoms with van der Waals surface area (Å²) in [6.07, 6.45) is 0. The van der Waals surface area contributed by atoms with E-state index < -0.39 is 0 Å². The van der Waals surface area contributed by atoms with E-state index >= 15 is 0 Å². The molecule has 0 N–H and O–H groups in total. The van der Waals surface area contributed by atoms with E-state index in [1.807, 2.05) is 24.3 Å². The van der Waals surface area contributed by atoms with E-state index in [0.29, 0.717) is 0 Å². The molecule has 23 aromatic rings. The van der Waals surface area contributed by atoms with Crippen LogP contribution in [0, 0.1) is 0 Å². The lowest BCUT2D eigenvalue weighted by Gasteiger charge is -2.28. The van der Waals surface area contributed by atoms with E-state index in [1.54, 1.807) is 0 Å². The van der Waals surface area contributed by atoms with E-state index in [9.17, 15) is 0 Å². The van der Waals surface area contributed by atoms with Crippen molar-refractivity contribution in [1.29, 1.82) is 0 Å². The number of hydrogen-bond acceptors (Lipinski definition) is 4. The van der Waals surface area contributed by atoms with Gasteiger partial charge in [-0.05, 0) is 264 Å². The first-order valence-corrected chi connectivity index (χ1v) is 45.1. The van der Waals surface area contributed by atoms with Crippen LogP contribution in [-0.4, -0.2) is 0 Å². The van der Waals surface area contributed by atoms with Gasteiger partial charge in [-0.25, -0.2) is 0 Å². The molecule has 2 aliphatic carbocycles. The SMILES string of the molecule is CC1(C)c2cc(-c3ccccc3)ccc2-c2ccc(N(c3ccc(-c4ccc(-c5cccc6c5oc5ccccc56)cc4)cc3)c3ccc(-c4cc5ccccc5c5ccccc45)cc3)cc21.CC1(C)c2cc(-c3ccccc3)ccc2-c2ccc(N(c3ccc(-c4ccc(-c5cccc6c5oc5ccccc56)cc4)cc3)c3ccc(-c4ccc5ccccc5c4)cc3)cc21. The maximum atomic E-state index is 6.39. The maximum Gasteiger partial charge on any atom is 0.143 e. The molecule has 2 heterocycles. The zero-order valence-electron chi connectivity index (χ0n) is 72.6. The van der Waals surface area contributed by atoms with Crippen LogP contribution in [0.2, 0.25) is 0 Å². The summed E-state index contributed by atoms with van der Waals surface area (Å²) in [4.78, 5) is 4.82. The highest BCUT2D eigenvalue weighted by molar-refractivity contribution is 6.15. The molecule has 2 aliphatic rings. The fourth-order valence-corrected chi connectivity index (χ4v) is 20.7. The highest BCUT2D eigenvalue weighted by Crippen LogP contribution is 2.55. The Kier molecular flexibility index (Phi) is 18.6. The standard InChI is InChI=1S/C65H45NO.C61H43NO/c1-65(2)61-40-47(42-13-4-3-5-14-42)31-37-56(61)57-38-36-51(41-62(57)65)66(50-34-29-46(30-35-50)60-39-48-15-6-7-16-52(48)54-17-8-9-18-55(54)60)49-32-27-44(28-33-49)43-23-25-45(26-24-43)53-20-12-21-59-58-19-10-11-22-63(58)67-64(53)59;1-61(2)57-38-48(40-11-4-3-5-12-40)29-35-53(57)54-36-34-51(39-58(54)61)62(50-32-27-44(28-33-50)47-24-21-41-13-6-7-14-46(41)37-47)49-30-25-43(26-31-49)42-19-22-45(23-20-42)52-16-10-17-56-55-15-8-9-18-59(55)63-60(52)56/h3-41H,1-2H3;3-39H,1-2H3. The molecule has 0 amide bonds. The lowest BCUT2D eigenvalue weighted by Crippen LogP contribution is -2.16. The molecule has 4 nitrogen and oxygen atoms in total. The molecule has 0 saturated carbocycles. The summed E-state index contributed by atoms with van der Waals surface area (Å²) in [5.74, 6) is 0. The van der Waals surface area contributed by atoms with Gasteiger partial charge in [-0.3, -0.25) is 0 Å². The summed E-state index contributed by atoms with van der Waals surface area (Å²) in [5.41, 5.74) is 39.6. The summed E-state index contributed by atoms with van der Waals surface area (Å²) in [6, 6.07) is 168. The average Bonchev–Trinajstić information content (AvgIpc) is 1.57. The van der Waals surface area contributed by atoms with Gasteiger partial charge in [-0.1, -0.05) is 380 Å². The number of rotatable bonds is 14. The molecular formula is C126H88N2O2. The van der Waals surface area contributed by atoms with E-state index in [-0.39, 0.29) is 10.8 Å². The minimum atomic E-state index is -0.190. The Hall–Kier alpha value is -16.4. The van der Waals surface area contributed by atoms with Crippen LogP contribution in [0.4, 0.5) is 34.1 Å². The number of benzene rings is 21. The predicted octanol–water partition coefficient (Wildman–Crippen LogP) is 35.5. The summed E-state index contributed by atoms with van der Waals surface area (Å²) in [6.45, 7) is 9.49. The lowest BCUT2D eigenvalue weighted by atomic mass is 9.81. The molecule has 2 aromatic heterocycles. The molecule has 0 spiro atoms. The number of hydrogen-bond donors (Lipinski definition) is 0. The van der Waals surface area contributed by atoms with Gasteiger partial charge < -0.3 is 18.6 Å². The molecule has 4 heteroatoms. The van der Waals surface area contributed by atoms with Crippen LogP contribution in [0.25, 0.3) is 187 Å². The zero-order valence-corrected chi connectivity index (χ0v) is 72.6. The van der Waals surface area contributed by atoms with Crippen molar-refractivity contribution in [1.82, 2.24) is 0 Å². The van der Waals surface area contributed by atoms with Crippen molar-refractivity contribution in [2.75, 3.05) is 9.80 Å². The molecule has 0 fully saturated rings. The fourth-order valence-electron chi connectivity index (χ4n) is 20.7. The quantitative estimate of drug-likeness (QED) is 0.102. The summed E-state index contributed by atoms with van der Waals surface area (Å²) < 4.78 is 12.8. The van der Waals surface area contributed by atoms with E-state index in [1.165, 1.54) is 132 Å². The summed E-state index contributed by atoms with van der Waals surface area (Å²) >= 11 is 0. The van der Waals surface area contributed by atoms with Crippen LogP contribution in [0.1, 0.15) is 49.9 Å². The van der Waals surface area contributed by atoms with Crippen molar-refractivity contribution in [3.63, 3.8) is 0 Å².